The molecule has 0 radical (unpaired) electrons. The third kappa shape index (κ3) is 2.97. The Morgan fingerprint density at radius 3 is 2.92 bits per heavy atom. The van der Waals surface area contributed by atoms with E-state index in [0.717, 1.165) is 29.5 Å². The normalized spacial score (nSPS) is 21.0. The molecular weight excluding hydrogens is 336 g/mol. The Kier molecular flexibility index (Phi) is 4.11. The molecule has 1 amide bonds. The summed E-state index contributed by atoms with van der Waals surface area (Å²) in [6.45, 7) is 4.19. The van der Waals surface area contributed by atoms with Gasteiger partial charge < -0.3 is 5.32 Å². The van der Waals surface area contributed by atoms with E-state index in [4.69, 9.17) is 0 Å². The number of rotatable bonds is 3. The molecule has 1 N–H and O–H groups in total. The second kappa shape index (κ2) is 6.29. The zero-order chi connectivity index (χ0) is 17.6. The number of carbonyl (C=O) groups excluding carboxylic acids is 1. The fourth-order valence-electron chi connectivity index (χ4n) is 3.75. The molecule has 1 aliphatic rings. The predicted octanol–water partition coefficient (Wildman–Crippen LogP) is 2.71. The van der Waals surface area contributed by atoms with Crippen LogP contribution in [0.2, 0.25) is 0 Å². The lowest BCUT2D eigenvalue weighted by atomic mass is 9.86. The first kappa shape index (κ1) is 16.3. The first-order valence-electron chi connectivity index (χ1n) is 8.79. The summed E-state index contributed by atoms with van der Waals surface area (Å²) in [7, 11) is 0. The molecule has 3 aromatic heterocycles. The lowest BCUT2D eigenvalue weighted by molar-refractivity contribution is -0.123. The number of thiophene rings is 1. The lowest BCUT2D eigenvalue weighted by Gasteiger charge is -2.29. The minimum atomic E-state index is -0.226. The van der Waals surface area contributed by atoms with Crippen LogP contribution in [0.1, 0.15) is 37.5 Å². The molecule has 0 saturated heterocycles. The zero-order valence-corrected chi connectivity index (χ0v) is 15.3. The third-order valence-corrected chi connectivity index (χ3v) is 6.15. The molecule has 0 aromatic carbocycles. The van der Waals surface area contributed by atoms with Crippen molar-refractivity contribution in [3.8, 4) is 0 Å². The van der Waals surface area contributed by atoms with Crippen LogP contribution in [0, 0.1) is 12.8 Å². The largest absolute Gasteiger partial charge is 0.351 e. The maximum absolute atomic E-state index is 12.7. The van der Waals surface area contributed by atoms with Gasteiger partial charge in [-0.05, 0) is 37.8 Å². The smallest absolute Gasteiger partial charge is 0.291 e. The van der Waals surface area contributed by atoms with Gasteiger partial charge in [-0.25, -0.2) is 4.68 Å². The number of nitrogens with zero attached hydrogens (tertiary/aromatic N) is 3. The molecule has 6 nitrogen and oxygen atoms in total. The molecule has 1 fully saturated rings. The molecule has 0 bridgehead atoms. The number of fused-ring (bicyclic) bond motifs is 3. The highest BCUT2D eigenvalue weighted by atomic mass is 32.1. The summed E-state index contributed by atoms with van der Waals surface area (Å²) in [5.41, 5.74) is 1.33. The Labute approximate surface area is 149 Å². The maximum Gasteiger partial charge on any atom is 0.291 e. The molecule has 2 unspecified atom stereocenters. The quantitative estimate of drug-likeness (QED) is 0.783. The number of carbonyl (C=O) groups is 1. The zero-order valence-electron chi connectivity index (χ0n) is 14.5. The average Bonchev–Trinajstić information content (AvgIpc) is 3.09. The molecule has 3 heterocycles. The molecule has 2 atom stereocenters. The third-order valence-electron chi connectivity index (χ3n) is 5.16. The van der Waals surface area contributed by atoms with Gasteiger partial charge in [-0.3, -0.25) is 14.0 Å². The molecule has 7 heteroatoms. The monoisotopic (exact) mass is 358 g/mol. The topological polar surface area (TPSA) is 68.4 Å². The van der Waals surface area contributed by atoms with Crippen LogP contribution >= 0.6 is 11.3 Å². The Morgan fingerprint density at radius 1 is 1.32 bits per heavy atom. The predicted molar refractivity (Wildman–Crippen MR) is 99.1 cm³/mol. The second-order valence-corrected chi connectivity index (χ2v) is 8.32. The second-order valence-electron chi connectivity index (χ2n) is 7.04. The van der Waals surface area contributed by atoms with E-state index in [-0.39, 0.29) is 24.1 Å². The van der Waals surface area contributed by atoms with Gasteiger partial charge in [-0.1, -0.05) is 19.8 Å². The van der Waals surface area contributed by atoms with Crippen LogP contribution in [-0.2, 0) is 11.3 Å². The molecule has 4 rings (SSSR count). The minimum absolute atomic E-state index is 0.0313. The van der Waals surface area contributed by atoms with Crippen LogP contribution < -0.4 is 10.9 Å². The molecule has 0 aliphatic heterocycles. The van der Waals surface area contributed by atoms with Crippen LogP contribution in [0.4, 0.5) is 0 Å². The van der Waals surface area contributed by atoms with Crippen molar-refractivity contribution in [3.63, 3.8) is 0 Å². The van der Waals surface area contributed by atoms with Crippen molar-refractivity contribution in [2.24, 2.45) is 5.92 Å². The van der Waals surface area contributed by atoms with E-state index in [0.29, 0.717) is 11.4 Å². The van der Waals surface area contributed by atoms with E-state index in [1.807, 2.05) is 13.0 Å². The van der Waals surface area contributed by atoms with Gasteiger partial charge in [0.25, 0.3) is 5.56 Å². The van der Waals surface area contributed by atoms with Crippen LogP contribution in [-0.4, -0.2) is 26.1 Å². The van der Waals surface area contributed by atoms with E-state index in [1.54, 1.807) is 22.1 Å². The molecule has 1 aliphatic carbocycles. The van der Waals surface area contributed by atoms with Crippen molar-refractivity contribution >= 4 is 33.0 Å². The molecule has 0 spiro atoms. The van der Waals surface area contributed by atoms with Crippen LogP contribution in [0.5, 0.6) is 0 Å². The Morgan fingerprint density at radius 2 is 2.12 bits per heavy atom. The number of aryl methyl sites for hydroxylation is 1. The van der Waals surface area contributed by atoms with Crippen molar-refractivity contribution < 1.29 is 4.79 Å². The van der Waals surface area contributed by atoms with Crippen molar-refractivity contribution in [1.82, 2.24) is 19.5 Å². The highest BCUT2D eigenvalue weighted by Gasteiger charge is 2.23. The first-order valence-corrected chi connectivity index (χ1v) is 9.61. The van der Waals surface area contributed by atoms with Gasteiger partial charge in [0.15, 0.2) is 0 Å². The van der Waals surface area contributed by atoms with Gasteiger partial charge in [-0.2, -0.15) is 5.10 Å². The van der Waals surface area contributed by atoms with Gasteiger partial charge in [0.2, 0.25) is 5.91 Å². The Bertz CT molecular complexity index is 1000. The van der Waals surface area contributed by atoms with Crippen LogP contribution in [0.3, 0.4) is 0 Å². The molecular formula is C18H22N4O2S. The van der Waals surface area contributed by atoms with Gasteiger partial charge in [-0.15, -0.1) is 11.3 Å². The number of aromatic nitrogens is 3. The standard InChI is InChI=1S/C18H22N4O2S/c1-11-5-3-4-6-13(11)20-17(23)9-22-18(24)15-8-16-14(7-12(2)25-16)21(15)10-19-22/h7-8,10-11,13H,3-6,9H2,1-2H3,(H,20,23). The van der Waals surface area contributed by atoms with Gasteiger partial charge in [0.1, 0.15) is 18.4 Å². The van der Waals surface area contributed by atoms with Gasteiger partial charge in [0.05, 0.1) is 10.2 Å². The number of hydrogen-bond donors (Lipinski definition) is 1. The fourth-order valence-corrected chi connectivity index (χ4v) is 4.70. The highest BCUT2D eigenvalue weighted by molar-refractivity contribution is 7.19. The molecule has 25 heavy (non-hydrogen) atoms. The summed E-state index contributed by atoms with van der Waals surface area (Å²) in [6.07, 6.45) is 6.18. The molecule has 3 aromatic rings. The summed E-state index contributed by atoms with van der Waals surface area (Å²) in [5, 5.41) is 7.28. The summed E-state index contributed by atoms with van der Waals surface area (Å²) < 4.78 is 4.13. The summed E-state index contributed by atoms with van der Waals surface area (Å²) in [6, 6.07) is 4.15. The van der Waals surface area contributed by atoms with E-state index >= 15 is 0 Å². The summed E-state index contributed by atoms with van der Waals surface area (Å²) >= 11 is 1.65. The van der Waals surface area contributed by atoms with Gasteiger partial charge >= 0.3 is 0 Å². The number of amides is 1. The minimum Gasteiger partial charge on any atom is -0.351 e. The van der Waals surface area contributed by atoms with E-state index in [9.17, 15) is 9.59 Å². The molecule has 132 valence electrons. The Hall–Kier alpha value is -2.15. The van der Waals surface area contributed by atoms with Crippen molar-refractivity contribution in [2.75, 3.05) is 0 Å². The summed E-state index contributed by atoms with van der Waals surface area (Å²) in [4.78, 5) is 26.2. The SMILES string of the molecule is Cc1cc2c(cc3c(=O)n(CC(=O)NC4CCCCC4C)ncn32)s1. The van der Waals surface area contributed by atoms with Crippen LogP contribution in [0.15, 0.2) is 23.3 Å². The summed E-state index contributed by atoms with van der Waals surface area (Å²) in [5.74, 6) is 0.354. The number of hydrogen-bond acceptors (Lipinski definition) is 4. The van der Waals surface area contributed by atoms with E-state index in [1.165, 1.54) is 16.0 Å². The number of nitrogens with one attached hydrogen (secondary N) is 1. The lowest BCUT2D eigenvalue weighted by Crippen LogP contribution is -2.43. The molecule has 1 saturated carbocycles. The highest BCUT2D eigenvalue weighted by Crippen LogP contribution is 2.27. The maximum atomic E-state index is 12.7. The fraction of sp³-hybridized carbons (Fsp3) is 0.500. The Balaban J connectivity index is 1.57. The average molecular weight is 358 g/mol. The van der Waals surface area contributed by atoms with E-state index < -0.39 is 0 Å². The van der Waals surface area contributed by atoms with Crippen molar-refractivity contribution in [1.29, 1.82) is 0 Å². The van der Waals surface area contributed by atoms with Gasteiger partial charge in [0, 0.05) is 10.9 Å². The van der Waals surface area contributed by atoms with Crippen LogP contribution in [0.25, 0.3) is 15.7 Å². The van der Waals surface area contributed by atoms with E-state index in [2.05, 4.69) is 23.4 Å². The van der Waals surface area contributed by atoms with Crippen molar-refractivity contribution in [2.45, 2.75) is 52.1 Å². The van der Waals surface area contributed by atoms with Crippen molar-refractivity contribution in [3.05, 3.63) is 33.7 Å². The first-order chi connectivity index (χ1) is 12.0.